The van der Waals surface area contributed by atoms with Gasteiger partial charge < -0.3 is 20.1 Å². The molecule has 1 saturated carbocycles. The Hall–Kier alpha value is -1.82. The minimum atomic E-state index is -0.286. The molecule has 0 bridgehead atoms. The molecular weight excluding hydrogens is 333 g/mol. The average molecular weight is 365 g/mol. The van der Waals surface area contributed by atoms with Gasteiger partial charge in [0, 0.05) is 32.9 Å². The van der Waals surface area contributed by atoms with Crippen LogP contribution in [0.2, 0.25) is 0 Å². The Bertz CT molecular complexity index is 576. The molecule has 2 rings (SSSR count). The maximum absolute atomic E-state index is 13.3. The molecule has 0 amide bonds. The summed E-state index contributed by atoms with van der Waals surface area (Å²) in [6, 6.07) is 6.26. The maximum atomic E-state index is 13.3. The third-order valence-electron chi connectivity index (χ3n) is 4.76. The van der Waals surface area contributed by atoms with Gasteiger partial charge in [0.25, 0.3) is 0 Å². The lowest BCUT2D eigenvalue weighted by atomic mass is 10.0. The number of nitrogens with zero attached hydrogens (tertiary/aromatic N) is 1. The van der Waals surface area contributed by atoms with Crippen LogP contribution < -0.4 is 15.4 Å². The number of rotatable bonds is 11. The van der Waals surface area contributed by atoms with Gasteiger partial charge in [0.15, 0.2) is 5.96 Å². The van der Waals surface area contributed by atoms with Crippen LogP contribution in [0.4, 0.5) is 4.39 Å². The van der Waals surface area contributed by atoms with E-state index in [0.717, 1.165) is 38.5 Å². The zero-order valence-electron chi connectivity index (χ0n) is 16.2. The Morgan fingerprint density at radius 1 is 1.31 bits per heavy atom. The molecule has 2 N–H and O–H groups in total. The molecule has 0 radical (unpaired) electrons. The fourth-order valence-corrected chi connectivity index (χ4v) is 2.78. The Balaban J connectivity index is 1.86. The number of halogens is 1. The van der Waals surface area contributed by atoms with Crippen molar-refractivity contribution in [2.45, 2.75) is 45.6 Å². The van der Waals surface area contributed by atoms with Gasteiger partial charge in [-0.3, -0.25) is 4.99 Å². The van der Waals surface area contributed by atoms with Crippen molar-refractivity contribution in [3.8, 4) is 5.75 Å². The summed E-state index contributed by atoms with van der Waals surface area (Å²) in [5.74, 6) is 1.07. The molecule has 1 aromatic carbocycles. The minimum absolute atomic E-state index is 0.0518. The summed E-state index contributed by atoms with van der Waals surface area (Å²) in [5, 5.41) is 6.64. The van der Waals surface area contributed by atoms with Gasteiger partial charge in [-0.15, -0.1) is 0 Å². The zero-order chi connectivity index (χ0) is 18.8. The number of hydrogen-bond donors (Lipinski definition) is 2. The van der Waals surface area contributed by atoms with Gasteiger partial charge in [-0.05, 0) is 50.2 Å². The Morgan fingerprint density at radius 3 is 2.73 bits per heavy atom. The first kappa shape index (κ1) is 20.5. The highest BCUT2D eigenvalue weighted by Gasteiger charge is 2.41. The van der Waals surface area contributed by atoms with Crippen molar-refractivity contribution in [3.63, 3.8) is 0 Å². The summed E-state index contributed by atoms with van der Waals surface area (Å²) in [6.45, 7) is 7.13. The molecule has 6 heteroatoms. The molecule has 0 aromatic heterocycles. The van der Waals surface area contributed by atoms with E-state index < -0.39 is 0 Å². The third kappa shape index (κ3) is 6.83. The molecule has 1 unspecified atom stereocenters. The average Bonchev–Trinajstić information content (AvgIpc) is 3.41. The highest BCUT2D eigenvalue weighted by atomic mass is 19.1. The lowest BCUT2D eigenvalue weighted by Crippen LogP contribution is -2.42. The summed E-state index contributed by atoms with van der Waals surface area (Å²) in [5.41, 5.74) is 0.320. The van der Waals surface area contributed by atoms with E-state index in [1.165, 1.54) is 25.0 Å². The number of ether oxygens (including phenoxy) is 2. The van der Waals surface area contributed by atoms with Crippen LogP contribution in [0, 0.1) is 11.2 Å². The van der Waals surface area contributed by atoms with Gasteiger partial charge in [0.2, 0.25) is 0 Å². The van der Waals surface area contributed by atoms with Crippen LogP contribution in [0.5, 0.6) is 5.75 Å². The molecule has 0 aliphatic heterocycles. The Labute approximate surface area is 156 Å². The van der Waals surface area contributed by atoms with E-state index in [9.17, 15) is 4.39 Å². The van der Waals surface area contributed by atoms with Gasteiger partial charge in [0.05, 0.1) is 6.54 Å². The molecule has 1 aliphatic carbocycles. The van der Waals surface area contributed by atoms with Crippen molar-refractivity contribution in [2.75, 3.05) is 33.4 Å². The lowest BCUT2D eigenvalue weighted by Gasteiger charge is -2.20. The molecular formula is C20H32FN3O2. The molecule has 146 valence electrons. The monoisotopic (exact) mass is 365 g/mol. The van der Waals surface area contributed by atoms with E-state index in [0.29, 0.717) is 17.7 Å². The van der Waals surface area contributed by atoms with Crippen molar-refractivity contribution < 1.29 is 13.9 Å². The predicted molar refractivity (Wildman–Crippen MR) is 103 cm³/mol. The summed E-state index contributed by atoms with van der Waals surface area (Å²) in [6.07, 6.45) is 4.27. The van der Waals surface area contributed by atoms with Gasteiger partial charge in [-0.25, -0.2) is 4.39 Å². The number of nitrogens with one attached hydrogen (secondary N) is 2. The quantitative estimate of drug-likeness (QED) is 0.466. The van der Waals surface area contributed by atoms with Crippen molar-refractivity contribution in [1.82, 2.24) is 10.6 Å². The molecule has 1 aromatic rings. The highest BCUT2D eigenvalue weighted by Crippen LogP contribution is 2.48. The molecule has 1 aliphatic rings. The summed E-state index contributed by atoms with van der Waals surface area (Å²) in [7, 11) is 1.74. The van der Waals surface area contributed by atoms with Crippen molar-refractivity contribution in [1.29, 1.82) is 0 Å². The normalized spacial score (nSPS) is 16.8. The SMILES string of the molecule is CCNC(=NCC1(CCOC)CC1)NCC(CC)Oc1cccc(F)c1. The van der Waals surface area contributed by atoms with Gasteiger partial charge in [-0.1, -0.05) is 13.0 Å². The molecule has 0 spiro atoms. The molecule has 26 heavy (non-hydrogen) atoms. The van der Waals surface area contributed by atoms with Crippen LogP contribution in [-0.4, -0.2) is 45.4 Å². The van der Waals surface area contributed by atoms with Crippen LogP contribution in [0.15, 0.2) is 29.3 Å². The summed E-state index contributed by atoms with van der Waals surface area (Å²) < 4.78 is 24.4. The van der Waals surface area contributed by atoms with Crippen molar-refractivity contribution in [3.05, 3.63) is 30.1 Å². The number of benzene rings is 1. The lowest BCUT2D eigenvalue weighted by molar-refractivity contribution is 0.174. The van der Waals surface area contributed by atoms with Crippen LogP contribution >= 0.6 is 0 Å². The first-order valence-corrected chi connectivity index (χ1v) is 9.54. The smallest absolute Gasteiger partial charge is 0.191 e. The summed E-state index contributed by atoms with van der Waals surface area (Å²) in [4.78, 5) is 4.75. The van der Waals surface area contributed by atoms with E-state index in [-0.39, 0.29) is 11.9 Å². The van der Waals surface area contributed by atoms with E-state index >= 15 is 0 Å². The van der Waals surface area contributed by atoms with Crippen LogP contribution in [0.25, 0.3) is 0 Å². The second-order valence-electron chi connectivity index (χ2n) is 6.92. The predicted octanol–water partition coefficient (Wildman–Crippen LogP) is 3.35. The largest absolute Gasteiger partial charge is 0.489 e. The van der Waals surface area contributed by atoms with E-state index in [1.54, 1.807) is 19.2 Å². The van der Waals surface area contributed by atoms with Gasteiger partial charge in [0.1, 0.15) is 17.7 Å². The van der Waals surface area contributed by atoms with E-state index in [2.05, 4.69) is 24.5 Å². The van der Waals surface area contributed by atoms with Crippen LogP contribution in [0.3, 0.4) is 0 Å². The molecule has 1 atom stereocenters. The molecule has 0 saturated heterocycles. The molecule has 1 fully saturated rings. The fraction of sp³-hybridized carbons (Fsp3) is 0.650. The third-order valence-corrected chi connectivity index (χ3v) is 4.76. The number of methoxy groups -OCH3 is 1. The second-order valence-corrected chi connectivity index (χ2v) is 6.92. The van der Waals surface area contributed by atoms with Gasteiger partial charge >= 0.3 is 0 Å². The molecule has 0 heterocycles. The van der Waals surface area contributed by atoms with Crippen molar-refractivity contribution >= 4 is 5.96 Å². The first-order chi connectivity index (χ1) is 12.6. The van der Waals surface area contributed by atoms with E-state index in [4.69, 9.17) is 14.5 Å². The Kier molecular flexibility index (Phi) is 8.16. The first-order valence-electron chi connectivity index (χ1n) is 9.54. The Morgan fingerprint density at radius 2 is 2.12 bits per heavy atom. The highest BCUT2D eigenvalue weighted by molar-refractivity contribution is 5.79. The topological polar surface area (TPSA) is 54.9 Å². The maximum Gasteiger partial charge on any atom is 0.191 e. The standard InChI is InChI=1S/C20H32FN3O2/c1-4-17(26-18-8-6-7-16(21)13-18)14-23-19(22-5-2)24-15-20(9-10-20)11-12-25-3/h6-8,13,17H,4-5,9-12,14-15H2,1-3H3,(H2,22,23,24). The van der Waals surface area contributed by atoms with Crippen LogP contribution in [0.1, 0.15) is 39.5 Å². The molecule has 5 nitrogen and oxygen atoms in total. The minimum Gasteiger partial charge on any atom is -0.489 e. The van der Waals surface area contributed by atoms with Crippen LogP contribution in [-0.2, 0) is 4.74 Å². The second kappa shape index (κ2) is 10.4. The zero-order valence-corrected chi connectivity index (χ0v) is 16.2. The number of hydrogen-bond acceptors (Lipinski definition) is 3. The number of guanidine groups is 1. The van der Waals surface area contributed by atoms with Crippen molar-refractivity contribution in [2.24, 2.45) is 10.4 Å². The van der Waals surface area contributed by atoms with Gasteiger partial charge in [-0.2, -0.15) is 0 Å². The summed E-state index contributed by atoms with van der Waals surface area (Å²) >= 11 is 0. The number of aliphatic imine (C=N–C) groups is 1. The fourth-order valence-electron chi connectivity index (χ4n) is 2.78. The van der Waals surface area contributed by atoms with E-state index in [1.807, 2.05) is 0 Å².